The van der Waals surface area contributed by atoms with Crippen LogP contribution in [0.25, 0.3) is 0 Å². The summed E-state index contributed by atoms with van der Waals surface area (Å²) in [5.41, 5.74) is 0. The Morgan fingerprint density at radius 2 is 0.843 bits per heavy atom. The minimum Gasteiger partial charge on any atom is -0.394 e. The highest BCUT2D eigenvalue weighted by Crippen LogP contribution is 2.30. The van der Waals surface area contributed by atoms with Gasteiger partial charge in [0.15, 0.2) is 12.6 Å². The first-order valence-corrected chi connectivity index (χ1v) is 34.0. The van der Waals surface area contributed by atoms with Gasteiger partial charge in [0, 0.05) is 6.42 Å². The molecule has 0 aromatic heterocycles. The quantitative estimate of drug-likeness (QED) is 0.0204. The summed E-state index contributed by atoms with van der Waals surface area (Å²) in [5.74, 6) is -0.253. The third-order valence-electron chi connectivity index (χ3n) is 16.4. The zero-order chi connectivity index (χ0) is 60.2. The van der Waals surface area contributed by atoms with E-state index in [0.717, 1.165) is 51.4 Å². The van der Waals surface area contributed by atoms with Crippen LogP contribution in [0.4, 0.5) is 0 Å². The summed E-state index contributed by atoms with van der Waals surface area (Å²) in [6.45, 7) is 2.64. The second-order valence-corrected chi connectivity index (χ2v) is 23.9. The van der Waals surface area contributed by atoms with Gasteiger partial charge in [-0.05, 0) is 70.6 Å². The largest absolute Gasteiger partial charge is 0.394 e. The molecule has 0 aliphatic carbocycles. The molecule has 2 rings (SSSR count). The van der Waals surface area contributed by atoms with E-state index in [1.807, 2.05) is 6.08 Å². The van der Waals surface area contributed by atoms with Gasteiger partial charge in [-0.1, -0.05) is 261 Å². The van der Waals surface area contributed by atoms with Crippen LogP contribution in [0, 0.1) is 0 Å². The molecule has 2 aliphatic heterocycles. The molecule has 2 heterocycles. The summed E-state index contributed by atoms with van der Waals surface area (Å²) in [6, 6.07) is -0.936. The van der Waals surface area contributed by atoms with Crippen LogP contribution in [0.3, 0.4) is 0 Å². The van der Waals surface area contributed by atoms with Crippen molar-refractivity contribution in [3.63, 3.8) is 0 Å². The average Bonchev–Trinajstić information content (AvgIpc) is 3.51. The first-order valence-electron chi connectivity index (χ1n) is 34.0. The van der Waals surface area contributed by atoms with Crippen LogP contribution in [0.15, 0.2) is 60.8 Å². The minimum absolute atomic E-state index is 0.253. The maximum Gasteiger partial charge on any atom is 0.220 e. The Hall–Kier alpha value is -2.31. The van der Waals surface area contributed by atoms with Gasteiger partial charge in [0.1, 0.15) is 48.8 Å². The van der Waals surface area contributed by atoms with Crippen molar-refractivity contribution in [1.82, 2.24) is 5.32 Å². The van der Waals surface area contributed by atoms with Crippen molar-refractivity contribution in [2.24, 2.45) is 0 Å². The van der Waals surface area contributed by atoms with Gasteiger partial charge in [-0.3, -0.25) is 4.79 Å². The molecule has 14 nitrogen and oxygen atoms in total. The number of hydrogen-bond donors (Lipinski definition) is 9. The Balaban J connectivity index is 1.52. The Morgan fingerprint density at radius 3 is 1.30 bits per heavy atom. The molecule has 9 N–H and O–H groups in total. The molecule has 0 bridgehead atoms. The van der Waals surface area contributed by atoms with Crippen molar-refractivity contribution in [2.75, 3.05) is 19.8 Å². The van der Waals surface area contributed by atoms with Gasteiger partial charge in [-0.25, -0.2) is 0 Å². The number of hydrogen-bond acceptors (Lipinski definition) is 13. The van der Waals surface area contributed by atoms with E-state index in [4.69, 9.17) is 18.9 Å². The van der Waals surface area contributed by atoms with Crippen molar-refractivity contribution in [1.29, 1.82) is 0 Å². The average molecular weight is 1180 g/mol. The van der Waals surface area contributed by atoms with E-state index in [2.05, 4.69) is 67.8 Å². The number of nitrogens with one attached hydrogen (secondary N) is 1. The lowest BCUT2D eigenvalue weighted by Crippen LogP contribution is -2.65. The summed E-state index contributed by atoms with van der Waals surface area (Å²) < 4.78 is 22.7. The number of carbonyl (C=O) groups is 1. The van der Waals surface area contributed by atoms with Crippen LogP contribution in [0.1, 0.15) is 277 Å². The molecule has 83 heavy (non-hydrogen) atoms. The predicted molar refractivity (Wildman–Crippen MR) is 337 cm³/mol. The minimum atomic E-state index is -1.79. The molecule has 0 aromatic carbocycles. The zero-order valence-electron chi connectivity index (χ0n) is 52.4. The van der Waals surface area contributed by atoms with Crippen LogP contribution in [0.2, 0.25) is 0 Å². The van der Waals surface area contributed by atoms with E-state index in [1.165, 1.54) is 193 Å². The van der Waals surface area contributed by atoms with Crippen molar-refractivity contribution in [3.8, 4) is 0 Å². The highest BCUT2D eigenvalue weighted by Gasteiger charge is 2.51. The third-order valence-corrected chi connectivity index (χ3v) is 16.4. The highest BCUT2D eigenvalue weighted by molar-refractivity contribution is 5.76. The van der Waals surface area contributed by atoms with Gasteiger partial charge in [0.2, 0.25) is 5.91 Å². The van der Waals surface area contributed by atoms with Crippen LogP contribution in [-0.4, -0.2) is 140 Å². The molecule has 2 aliphatic rings. The van der Waals surface area contributed by atoms with E-state index in [-0.39, 0.29) is 18.9 Å². The lowest BCUT2D eigenvalue weighted by molar-refractivity contribution is -0.359. The molecule has 0 radical (unpaired) electrons. The van der Waals surface area contributed by atoms with E-state index in [0.29, 0.717) is 12.8 Å². The summed E-state index contributed by atoms with van der Waals surface area (Å²) in [6.07, 6.45) is 54.9. The maximum atomic E-state index is 13.2. The number of allylic oxidation sites excluding steroid dienone is 9. The van der Waals surface area contributed by atoms with Gasteiger partial charge in [0.25, 0.3) is 0 Å². The second-order valence-electron chi connectivity index (χ2n) is 23.9. The molecular weight excluding hydrogens is 1050 g/mol. The lowest BCUT2D eigenvalue weighted by atomic mass is 9.97. The smallest absolute Gasteiger partial charge is 0.220 e. The standard InChI is InChI=1S/C69H125NO13/c1-3-5-7-9-11-13-15-16-17-18-19-20-21-22-23-24-25-26-27-28-29-30-31-32-33-34-35-36-37-38-39-40-41-42-43-45-47-49-51-53-61(74)70-57(58(73)52-50-48-46-44-14-12-10-8-6-4-2)56-80-68-66(79)64(77)67(60(55-72)82-68)83-69-65(78)63(76)62(75)59(54-71)81-69/h6,8,14-16,18-19,44,50,52,57-60,62-69,71-73,75-79H,3-5,7,9-13,17,20-43,45-49,51,53-56H2,1-2H3,(H,70,74)/b8-6+,16-15-,19-18-,44-14+,52-50+. The van der Waals surface area contributed by atoms with E-state index < -0.39 is 86.8 Å². The molecule has 484 valence electrons. The number of ether oxygens (including phenoxy) is 4. The Morgan fingerprint density at radius 1 is 0.446 bits per heavy atom. The molecule has 2 fully saturated rings. The van der Waals surface area contributed by atoms with Crippen LogP contribution >= 0.6 is 0 Å². The van der Waals surface area contributed by atoms with Gasteiger partial charge in [0.05, 0.1) is 32.0 Å². The molecule has 2 saturated heterocycles. The first kappa shape index (κ1) is 76.8. The Labute approximate surface area is 505 Å². The number of aliphatic hydroxyl groups is 8. The second kappa shape index (κ2) is 53.9. The topological polar surface area (TPSA) is 228 Å². The number of carbonyl (C=O) groups excluding carboxylic acids is 1. The molecule has 12 atom stereocenters. The summed E-state index contributed by atoms with van der Waals surface area (Å²) in [5, 5.41) is 86.9. The number of amides is 1. The number of unbranched alkanes of at least 4 members (excludes halogenated alkanes) is 34. The highest BCUT2D eigenvalue weighted by atomic mass is 16.7. The monoisotopic (exact) mass is 1180 g/mol. The predicted octanol–water partition coefficient (Wildman–Crippen LogP) is 13.3. The Kier molecular flexibility index (Phi) is 49.9. The number of aliphatic hydroxyl groups excluding tert-OH is 8. The fourth-order valence-corrected chi connectivity index (χ4v) is 11.0. The molecular formula is C69H125NO13. The summed E-state index contributed by atoms with van der Waals surface area (Å²) in [4.78, 5) is 13.2. The number of rotatable bonds is 55. The molecule has 0 saturated carbocycles. The SMILES string of the molecule is CC/C=C/CC/C=C/CC/C=C/C(O)C(COC1OC(CO)C(OC2OC(CO)C(O)C(O)C2O)C(O)C1O)NC(=O)CCCCCCCCCCCCCCCCCCCCCCCCCCCCC/C=C\C/C=C\CCCCCCC. The van der Waals surface area contributed by atoms with E-state index in [1.54, 1.807) is 6.08 Å². The molecule has 0 aromatic rings. The van der Waals surface area contributed by atoms with Crippen molar-refractivity contribution >= 4 is 5.91 Å². The maximum absolute atomic E-state index is 13.2. The molecule has 0 spiro atoms. The van der Waals surface area contributed by atoms with E-state index >= 15 is 0 Å². The summed E-state index contributed by atoms with van der Waals surface area (Å²) in [7, 11) is 0. The van der Waals surface area contributed by atoms with Gasteiger partial charge in [-0.2, -0.15) is 0 Å². The van der Waals surface area contributed by atoms with Crippen LogP contribution in [0.5, 0.6) is 0 Å². The normalized spacial score (nSPS) is 24.2. The van der Waals surface area contributed by atoms with Crippen molar-refractivity contribution in [2.45, 2.75) is 351 Å². The zero-order valence-corrected chi connectivity index (χ0v) is 52.4. The van der Waals surface area contributed by atoms with Gasteiger partial charge in [-0.15, -0.1) is 0 Å². The van der Waals surface area contributed by atoms with Crippen molar-refractivity contribution < 1.29 is 64.6 Å². The molecule has 12 unspecified atom stereocenters. The fourth-order valence-electron chi connectivity index (χ4n) is 11.0. The van der Waals surface area contributed by atoms with Crippen LogP contribution < -0.4 is 5.32 Å². The summed E-state index contributed by atoms with van der Waals surface area (Å²) >= 11 is 0. The fraction of sp³-hybridized carbons (Fsp3) is 0.841. The van der Waals surface area contributed by atoms with Crippen LogP contribution in [-0.2, 0) is 23.7 Å². The molecule has 14 heteroatoms. The lowest BCUT2D eigenvalue weighted by Gasteiger charge is -2.46. The van der Waals surface area contributed by atoms with Crippen molar-refractivity contribution in [3.05, 3.63) is 60.8 Å². The third kappa shape index (κ3) is 38.6. The van der Waals surface area contributed by atoms with Gasteiger partial charge < -0.3 is 65.1 Å². The van der Waals surface area contributed by atoms with E-state index in [9.17, 15) is 45.6 Å². The molecule has 1 amide bonds. The first-order chi connectivity index (χ1) is 40.6. The van der Waals surface area contributed by atoms with Gasteiger partial charge >= 0.3 is 0 Å². The Bertz CT molecular complexity index is 1620.